The van der Waals surface area contributed by atoms with E-state index >= 15 is 0 Å². The highest BCUT2D eigenvalue weighted by Crippen LogP contribution is 2.17. The molecule has 0 saturated carbocycles. The van der Waals surface area contributed by atoms with Gasteiger partial charge in [0.15, 0.2) is 5.11 Å². The Labute approximate surface area is 111 Å². The number of halogens is 1. The summed E-state index contributed by atoms with van der Waals surface area (Å²) in [6, 6.07) is 3.46. The van der Waals surface area contributed by atoms with Gasteiger partial charge in [0, 0.05) is 6.07 Å². The second-order valence-corrected chi connectivity index (χ2v) is 3.13. The van der Waals surface area contributed by atoms with E-state index in [1.165, 1.54) is 20.4 Å². The number of nitrogens with one attached hydrogen (secondary N) is 1. The van der Waals surface area contributed by atoms with Crippen LogP contribution in [-0.4, -0.2) is 30.5 Å². The van der Waals surface area contributed by atoms with Crippen LogP contribution in [0.3, 0.4) is 0 Å². The lowest BCUT2D eigenvalue weighted by molar-refractivity contribution is 0.364. The molecule has 0 aliphatic heterocycles. The molecule has 0 saturated heterocycles. The van der Waals surface area contributed by atoms with Gasteiger partial charge in [0.05, 0.1) is 26.0 Å². The average Bonchev–Trinajstić information content (AvgIpc) is 2.29. The van der Waals surface area contributed by atoms with Gasteiger partial charge in [-0.25, -0.2) is 0 Å². The standard InChI is InChI=1S/C9H12N4O2S.ClH/c1-14-7-4-3-6(8(12-7)15-2)5-11-13-9(10)16;/h3-5H,1-2H3,(H3,10,13,16);1H/b11-5+;. The highest BCUT2D eigenvalue weighted by molar-refractivity contribution is 7.80. The van der Waals surface area contributed by atoms with Crippen LogP contribution in [0, 0.1) is 0 Å². The number of hydrogen-bond acceptors (Lipinski definition) is 5. The topological polar surface area (TPSA) is 81.8 Å². The molecule has 8 heteroatoms. The number of aromatic nitrogens is 1. The van der Waals surface area contributed by atoms with E-state index in [4.69, 9.17) is 15.2 Å². The quantitative estimate of drug-likeness (QED) is 0.478. The van der Waals surface area contributed by atoms with Crippen molar-refractivity contribution in [1.29, 1.82) is 0 Å². The molecule has 17 heavy (non-hydrogen) atoms. The van der Waals surface area contributed by atoms with E-state index in [0.29, 0.717) is 17.3 Å². The first-order valence-corrected chi connectivity index (χ1v) is 4.75. The largest absolute Gasteiger partial charge is 0.481 e. The van der Waals surface area contributed by atoms with Crippen LogP contribution >= 0.6 is 24.6 Å². The zero-order valence-corrected chi connectivity index (χ0v) is 11.0. The SMILES string of the molecule is COc1ccc(/C=N/NC(N)=S)c(OC)n1.Cl. The summed E-state index contributed by atoms with van der Waals surface area (Å²) in [5, 5.41) is 3.90. The van der Waals surface area contributed by atoms with Gasteiger partial charge in [0.2, 0.25) is 11.8 Å². The minimum absolute atomic E-state index is 0. The van der Waals surface area contributed by atoms with E-state index in [1.54, 1.807) is 12.1 Å². The predicted octanol–water partition coefficient (Wildman–Crippen LogP) is 0.688. The Morgan fingerprint density at radius 2 is 2.18 bits per heavy atom. The van der Waals surface area contributed by atoms with E-state index < -0.39 is 0 Å². The monoisotopic (exact) mass is 276 g/mol. The summed E-state index contributed by atoms with van der Waals surface area (Å²) in [6.45, 7) is 0. The lowest BCUT2D eigenvalue weighted by atomic mass is 10.3. The molecule has 0 spiro atoms. The van der Waals surface area contributed by atoms with Crippen molar-refractivity contribution >= 4 is 36.0 Å². The summed E-state index contributed by atoms with van der Waals surface area (Å²) in [6.07, 6.45) is 1.50. The molecule has 0 atom stereocenters. The van der Waals surface area contributed by atoms with E-state index in [-0.39, 0.29) is 17.5 Å². The van der Waals surface area contributed by atoms with Gasteiger partial charge in [-0.3, -0.25) is 5.43 Å². The summed E-state index contributed by atoms with van der Waals surface area (Å²) < 4.78 is 10.0. The average molecular weight is 277 g/mol. The minimum Gasteiger partial charge on any atom is -0.481 e. The fraction of sp³-hybridized carbons (Fsp3) is 0.222. The second-order valence-electron chi connectivity index (χ2n) is 2.69. The maximum atomic E-state index is 5.21. The van der Waals surface area contributed by atoms with Gasteiger partial charge < -0.3 is 15.2 Å². The first-order valence-electron chi connectivity index (χ1n) is 4.35. The van der Waals surface area contributed by atoms with Gasteiger partial charge in [0.1, 0.15) is 0 Å². The molecule has 0 radical (unpaired) electrons. The van der Waals surface area contributed by atoms with E-state index in [1.807, 2.05) is 0 Å². The molecule has 0 aromatic carbocycles. The second kappa shape index (κ2) is 7.64. The van der Waals surface area contributed by atoms with Crippen molar-refractivity contribution in [3.63, 3.8) is 0 Å². The number of nitrogens with two attached hydrogens (primary N) is 1. The lowest BCUT2D eigenvalue weighted by Crippen LogP contribution is -2.24. The van der Waals surface area contributed by atoms with E-state index in [9.17, 15) is 0 Å². The van der Waals surface area contributed by atoms with Gasteiger partial charge in [-0.2, -0.15) is 10.1 Å². The number of rotatable bonds is 4. The summed E-state index contributed by atoms with van der Waals surface area (Å²) >= 11 is 4.60. The molecule has 1 rings (SSSR count). The van der Waals surface area contributed by atoms with Crippen LogP contribution in [0.15, 0.2) is 17.2 Å². The van der Waals surface area contributed by atoms with E-state index in [2.05, 4.69) is 27.7 Å². The molecule has 0 aliphatic rings. The number of pyridine rings is 1. The third-order valence-electron chi connectivity index (χ3n) is 1.65. The Morgan fingerprint density at radius 3 is 2.71 bits per heavy atom. The smallest absolute Gasteiger partial charge is 0.225 e. The molecule has 0 fully saturated rings. The normalized spacial score (nSPS) is 9.53. The van der Waals surface area contributed by atoms with Crippen molar-refractivity contribution in [3.05, 3.63) is 17.7 Å². The molecule has 0 bridgehead atoms. The molecule has 94 valence electrons. The van der Waals surface area contributed by atoms with Gasteiger partial charge in [-0.15, -0.1) is 12.4 Å². The van der Waals surface area contributed by atoms with Crippen molar-refractivity contribution in [2.45, 2.75) is 0 Å². The van der Waals surface area contributed by atoms with Crippen molar-refractivity contribution < 1.29 is 9.47 Å². The maximum absolute atomic E-state index is 5.21. The zero-order chi connectivity index (χ0) is 12.0. The summed E-state index contributed by atoms with van der Waals surface area (Å²) in [5.74, 6) is 0.879. The molecular weight excluding hydrogens is 264 g/mol. The third-order valence-corrected chi connectivity index (χ3v) is 1.74. The third kappa shape index (κ3) is 4.83. The van der Waals surface area contributed by atoms with Gasteiger partial charge in [-0.1, -0.05) is 0 Å². The summed E-state index contributed by atoms with van der Waals surface area (Å²) in [7, 11) is 3.05. The molecule has 1 aromatic heterocycles. The molecule has 6 nitrogen and oxygen atoms in total. The Bertz CT molecular complexity index is 414. The van der Waals surface area contributed by atoms with Crippen LogP contribution in [0.25, 0.3) is 0 Å². The van der Waals surface area contributed by atoms with Crippen LogP contribution in [-0.2, 0) is 0 Å². The van der Waals surface area contributed by atoms with Crippen LogP contribution in [0.5, 0.6) is 11.8 Å². The minimum atomic E-state index is 0. The molecule has 0 amide bonds. The summed E-state index contributed by atoms with van der Waals surface area (Å²) in [5.41, 5.74) is 8.34. The Balaban J connectivity index is 0.00000256. The number of ether oxygens (including phenoxy) is 2. The number of nitrogens with zero attached hydrogens (tertiary/aromatic N) is 2. The molecule has 0 unspecified atom stereocenters. The van der Waals surface area contributed by atoms with Crippen LogP contribution in [0.1, 0.15) is 5.56 Å². The van der Waals surface area contributed by atoms with Crippen LogP contribution in [0.2, 0.25) is 0 Å². The highest BCUT2D eigenvalue weighted by atomic mass is 35.5. The Kier molecular flexibility index (Phi) is 6.92. The fourth-order valence-electron chi connectivity index (χ4n) is 0.975. The number of hydrazone groups is 1. The van der Waals surface area contributed by atoms with Gasteiger partial charge in [-0.05, 0) is 18.3 Å². The zero-order valence-electron chi connectivity index (χ0n) is 9.34. The maximum Gasteiger partial charge on any atom is 0.225 e. The Morgan fingerprint density at radius 1 is 1.47 bits per heavy atom. The molecular formula is C9H13ClN4O2S. The van der Waals surface area contributed by atoms with Crippen LogP contribution in [0.4, 0.5) is 0 Å². The summed E-state index contributed by atoms with van der Waals surface area (Å²) in [4.78, 5) is 4.08. The lowest BCUT2D eigenvalue weighted by Gasteiger charge is -2.05. The van der Waals surface area contributed by atoms with Gasteiger partial charge in [0.25, 0.3) is 0 Å². The first-order chi connectivity index (χ1) is 7.67. The predicted molar refractivity (Wildman–Crippen MR) is 72.1 cm³/mol. The molecule has 1 heterocycles. The van der Waals surface area contributed by atoms with Gasteiger partial charge >= 0.3 is 0 Å². The van der Waals surface area contributed by atoms with E-state index in [0.717, 1.165) is 0 Å². The highest BCUT2D eigenvalue weighted by Gasteiger charge is 2.04. The van der Waals surface area contributed by atoms with Crippen molar-refractivity contribution in [1.82, 2.24) is 10.4 Å². The number of hydrogen-bond donors (Lipinski definition) is 2. The number of thiocarbonyl (C=S) groups is 1. The first kappa shape index (κ1) is 15.4. The fourth-order valence-corrected chi connectivity index (χ4v) is 1.03. The van der Waals surface area contributed by atoms with Crippen molar-refractivity contribution in [2.75, 3.05) is 14.2 Å². The number of methoxy groups -OCH3 is 2. The van der Waals surface area contributed by atoms with Crippen molar-refractivity contribution in [2.24, 2.45) is 10.8 Å². The Hall–Kier alpha value is -1.60. The molecule has 1 aromatic rings. The van der Waals surface area contributed by atoms with Crippen molar-refractivity contribution in [3.8, 4) is 11.8 Å². The van der Waals surface area contributed by atoms with Crippen LogP contribution < -0.4 is 20.6 Å². The molecule has 3 N–H and O–H groups in total. The molecule has 0 aliphatic carbocycles.